The van der Waals surface area contributed by atoms with Crippen molar-refractivity contribution in [2.24, 2.45) is 5.10 Å². The standard InChI is InChI=1S/C14H9F2N5S/c15-11-8-17-12(16)6-10(11)7-18-21-13(19-20-14(21)22)9-4-2-1-3-5-9/h1-8H,(H,20,22)/b18-7+. The van der Waals surface area contributed by atoms with Crippen LogP contribution in [0.15, 0.2) is 47.7 Å². The minimum absolute atomic E-state index is 0.0328. The molecule has 3 rings (SSSR count). The van der Waals surface area contributed by atoms with E-state index in [2.05, 4.69) is 20.3 Å². The van der Waals surface area contributed by atoms with Gasteiger partial charge < -0.3 is 0 Å². The van der Waals surface area contributed by atoms with Crippen molar-refractivity contribution in [1.29, 1.82) is 0 Å². The third-order valence-electron chi connectivity index (χ3n) is 2.85. The molecule has 0 saturated carbocycles. The lowest BCUT2D eigenvalue weighted by Gasteiger charge is -2.01. The lowest BCUT2D eigenvalue weighted by atomic mass is 10.2. The van der Waals surface area contributed by atoms with E-state index in [1.807, 2.05) is 30.3 Å². The van der Waals surface area contributed by atoms with Crippen molar-refractivity contribution in [1.82, 2.24) is 19.9 Å². The molecule has 110 valence electrons. The van der Waals surface area contributed by atoms with E-state index >= 15 is 0 Å². The number of nitrogens with zero attached hydrogens (tertiary/aromatic N) is 4. The summed E-state index contributed by atoms with van der Waals surface area (Å²) in [4.78, 5) is 3.22. The molecule has 0 bridgehead atoms. The Labute approximate surface area is 129 Å². The molecule has 0 atom stereocenters. The summed E-state index contributed by atoms with van der Waals surface area (Å²) in [7, 11) is 0. The Morgan fingerprint density at radius 1 is 1.23 bits per heavy atom. The summed E-state index contributed by atoms with van der Waals surface area (Å²) in [6, 6.07) is 10.2. The summed E-state index contributed by atoms with van der Waals surface area (Å²) in [5, 5.41) is 10.8. The van der Waals surface area contributed by atoms with Gasteiger partial charge in [-0.1, -0.05) is 30.3 Å². The molecule has 5 nitrogen and oxygen atoms in total. The number of rotatable bonds is 3. The predicted octanol–water partition coefficient (Wildman–Crippen LogP) is 3.16. The topological polar surface area (TPSA) is 58.9 Å². The number of H-pyrrole nitrogens is 1. The minimum atomic E-state index is -0.790. The number of aromatic nitrogens is 4. The molecule has 0 spiro atoms. The zero-order valence-corrected chi connectivity index (χ0v) is 11.9. The molecule has 0 aliphatic carbocycles. The first-order valence-corrected chi connectivity index (χ1v) is 6.64. The molecule has 1 aromatic carbocycles. The molecule has 1 N–H and O–H groups in total. The van der Waals surface area contributed by atoms with Crippen LogP contribution >= 0.6 is 12.2 Å². The SMILES string of the molecule is Fc1cc(/C=N/n2c(-c3ccccc3)n[nH]c2=S)c(F)cn1. The van der Waals surface area contributed by atoms with Crippen LogP contribution in [0.1, 0.15) is 5.56 Å². The molecule has 22 heavy (non-hydrogen) atoms. The van der Waals surface area contributed by atoms with Crippen LogP contribution in [-0.4, -0.2) is 26.1 Å². The lowest BCUT2D eigenvalue weighted by molar-refractivity contribution is 0.558. The van der Waals surface area contributed by atoms with Crippen molar-refractivity contribution in [3.8, 4) is 11.4 Å². The Morgan fingerprint density at radius 2 is 2.00 bits per heavy atom. The fraction of sp³-hybridized carbons (Fsp3) is 0. The Kier molecular flexibility index (Phi) is 3.84. The molecule has 0 aliphatic rings. The smallest absolute Gasteiger partial charge is 0.216 e. The fourth-order valence-corrected chi connectivity index (χ4v) is 2.00. The van der Waals surface area contributed by atoms with Gasteiger partial charge >= 0.3 is 0 Å². The van der Waals surface area contributed by atoms with Crippen LogP contribution in [0.5, 0.6) is 0 Å². The first-order chi connectivity index (χ1) is 10.6. The summed E-state index contributed by atoms with van der Waals surface area (Å²) in [5.41, 5.74) is 0.753. The van der Waals surface area contributed by atoms with Crippen molar-refractivity contribution in [2.45, 2.75) is 0 Å². The Bertz CT molecular complexity index is 886. The maximum Gasteiger partial charge on any atom is 0.216 e. The van der Waals surface area contributed by atoms with Crippen molar-refractivity contribution < 1.29 is 8.78 Å². The number of pyridine rings is 1. The Hall–Kier alpha value is -2.74. The van der Waals surface area contributed by atoms with Gasteiger partial charge in [0.25, 0.3) is 0 Å². The van der Waals surface area contributed by atoms with Gasteiger partial charge in [-0.2, -0.15) is 19.3 Å². The van der Waals surface area contributed by atoms with Crippen LogP contribution in [0.25, 0.3) is 11.4 Å². The zero-order valence-electron chi connectivity index (χ0n) is 11.1. The quantitative estimate of drug-likeness (QED) is 0.458. The summed E-state index contributed by atoms with van der Waals surface area (Å²) >= 11 is 5.10. The third kappa shape index (κ3) is 2.82. The van der Waals surface area contributed by atoms with Crippen molar-refractivity contribution >= 4 is 18.4 Å². The van der Waals surface area contributed by atoms with Gasteiger partial charge in [-0.05, 0) is 12.2 Å². The van der Waals surface area contributed by atoms with Crippen molar-refractivity contribution in [3.05, 3.63) is 64.7 Å². The van der Waals surface area contributed by atoms with Gasteiger partial charge in [0, 0.05) is 17.2 Å². The highest BCUT2D eigenvalue weighted by Crippen LogP contribution is 2.16. The molecule has 2 aromatic heterocycles. The molecule has 0 saturated heterocycles. The lowest BCUT2D eigenvalue weighted by Crippen LogP contribution is -1.98. The number of nitrogens with one attached hydrogen (secondary N) is 1. The van der Waals surface area contributed by atoms with Crippen LogP contribution in [0.3, 0.4) is 0 Å². The first kappa shape index (κ1) is 14.2. The van der Waals surface area contributed by atoms with E-state index in [9.17, 15) is 8.78 Å². The average Bonchev–Trinajstić information content (AvgIpc) is 2.90. The van der Waals surface area contributed by atoms with Crippen molar-refractivity contribution in [3.63, 3.8) is 0 Å². The van der Waals surface area contributed by atoms with E-state index in [-0.39, 0.29) is 10.3 Å². The molecular weight excluding hydrogens is 308 g/mol. The largest absolute Gasteiger partial charge is 0.250 e. The van der Waals surface area contributed by atoms with Crippen LogP contribution in [0.2, 0.25) is 0 Å². The Morgan fingerprint density at radius 3 is 2.77 bits per heavy atom. The van der Waals surface area contributed by atoms with E-state index in [4.69, 9.17) is 12.2 Å². The van der Waals surface area contributed by atoms with Crippen LogP contribution in [0.4, 0.5) is 8.78 Å². The number of benzene rings is 1. The monoisotopic (exact) mass is 317 g/mol. The van der Waals surface area contributed by atoms with E-state index < -0.39 is 11.8 Å². The molecule has 0 unspecified atom stereocenters. The molecule has 0 amide bonds. The highest BCUT2D eigenvalue weighted by Gasteiger charge is 2.08. The van der Waals surface area contributed by atoms with Gasteiger partial charge in [-0.15, -0.1) is 0 Å². The number of hydrogen-bond acceptors (Lipinski definition) is 4. The summed E-state index contributed by atoms with van der Waals surface area (Å²) < 4.78 is 28.2. The second-order valence-electron chi connectivity index (χ2n) is 4.30. The van der Waals surface area contributed by atoms with E-state index in [0.29, 0.717) is 5.82 Å². The van der Waals surface area contributed by atoms with Crippen LogP contribution < -0.4 is 0 Å². The van der Waals surface area contributed by atoms with E-state index in [0.717, 1.165) is 24.0 Å². The van der Waals surface area contributed by atoms with Crippen LogP contribution in [0, 0.1) is 16.5 Å². The number of halogens is 2. The van der Waals surface area contributed by atoms with Crippen molar-refractivity contribution in [2.75, 3.05) is 0 Å². The summed E-state index contributed by atoms with van der Waals surface area (Å²) in [6.07, 6.45) is 1.96. The van der Waals surface area contributed by atoms with E-state index in [1.54, 1.807) is 0 Å². The molecule has 3 aromatic rings. The van der Waals surface area contributed by atoms with Gasteiger partial charge in [0.1, 0.15) is 0 Å². The molecule has 8 heteroatoms. The molecule has 0 radical (unpaired) electrons. The van der Waals surface area contributed by atoms with Gasteiger partial charge in [-0.25, -0.2) is 14.5 Å². The second kappa shape index (κ2) is 5.94. The molecular formula is C14H9F2N5S. The summed E-state index contributed by atoms with van der Waals surface area (Å²) in [6.45, 7) is 0. The molecule has 0 aliphatic heterocycles. The maximum absolute atomic E-state index is 13.5. The van der Waals surface area contributed by atoms with Gasteiger partial charge in [0.15, 0.2) is 11.6 Å². The van der Waals surface area contributed by atoms with Gasteiger partial charge in [-0.3, -0.25) is 0 Å². The third-order valence-corrected chi connectivity index (χ3v) is 3.11. The minimum Gasteiger partial charge on any atom is -0.250 e. The first-order valence-electron chi connectivity index (χ1n) is 6.23. The Balaban J connectivity index is 2.03. The zero-order chi connectivity index (χ0) is 15.5. The second-order valence-corrected chi connectivity index (χ2v) is 4.69. The molecule has 2 heterocycles. The fourth-order valence-electron chi connectivity index (χ4n) is 1.82. The predicted molar refractivity (Wildman–Crippen MR) is 80.0 cm³/mol. The highest BCUT2D eigenvalue weighted by molar-refractivity contribution is 7.71. The number of aromatic amines is 1. The van der Waals surface area contributed by atoms with E-state index in [1.165, 1.54) is 4.68 Å². The highest BCUT2D eigenvalue weighted by atomic mass is 32.1. The molecule has 0 fully saturated rings. The average molecular weight is 317 g/mol. The van der Waals surface area contributed by atoms with Crippen LogP contribution in [-0.2, 0) is 0 Å². The normalized spacial score (nSPS) is 11.2. The maximum atomic E-state index is 13.5. The number of hydrogen-bond donors (Lipinski definition) is 1. The van der Waals surface area contributed by atoms with Gasteiger partial charge in [0.2, 0.25) is 10.7 Å². The van der Waals surface area contributed by atoms with Gasteiger partial charge in [0.05, 0.1) is 12.4 Å². The summed E-state index contributed by atoms with van der Waals surface area (Å²) in [5.74, 6) is -1.000.